The second-order valence-electron chi connectivity index (χ2n) is 8.72. The number of amides is 2. The average molecular weight is 431 g/mol. The van der Waals surface area contributed by atoms with Crippen molar-refractivity contribution in [1.82, 2.24) is 20.1 Å². The molecule has 2 atom stereocenters. The zero-order valence-corrected chi connectivity index (χ0v) is 17.9. The number of aryl methyl sites for hydroxylation is 1. The Morgan fingerprint density at radius 1 is 1.35 bits per heavy atom. The number of hydrogen-bond donors (Lipinski definition) is 3. The molecule has 3 N–H and O–H groups in total. The molecule has 2 aromatic heterocycles. The number of carbonyl (C=O) groups is 2. The number of aromatic nitrogens is 3. The van der Waals surface area contributed by atoms with E-state index in [1.807, 2.05) is 13.0 Å². The summed E-state index contributed by atoms with van der Waals surface area (Å²) in [5, 5.41) is 19.9. The van der Waals surface area contributed by atoms with Gasteiger partial charge in [0.2, 0.25) is 11.8 Å². The molecule has 0 aromatic carbocycles. The Bertz CT molecular complexity index is 932. The largest absolute Gasteiger partial charge is 0.465 e. The molecule has 0 radical (unpaired) electrons. The fourth-order valence-corrected chi connectivity index (χ4v) is 4.77. The highest BCUT2D eigenvalue weighted by Gasteiger charge is 2.44. The van der Waals surface area contributed by atoms with Crippen LogP contribution >= 0.6 is 0 Å². The van der Waals surface area contributed by atoms with Gasteiger partial charge in [-0.25, -0.2) is 9.78 Å². The molecular weight excluding hydrogens is 402 g/mol. The van der Waals surface area contributed by atoms with E-state index in [4.69, 9.17) is 9.15 Å². The van der Waals surface area contributed by atoms with Gasteiger partial charge in [-0.1, -0.05) is 0 Å². The summed E-state index contributed by atoms with van der Waals surface area (Å²) in [6, 6.07) is 1.78. The van der Waals surface area contributed by atoms with Gasteiger partial charge in [-0.15, -0.1) is 0 Å². The maximum atomic E-state index is 12.2. The van der Waals surface area contributed by atoms with Crippen LogP contribution in [0.5, 0.6) is 0 Å². The summed E-state index contributed by atoms with van der Waals surface area (Å²) in [6.07, 6.45) is 4.58. The van der Waals surface area contributed by atoms with Crippen LogP contribution in [0.15, 0.2) is 16.7 Å². The molecule has 31 heavy (non-hydrogen) atoms. The molecule has 2 fully saturated rings. The van der Waals surface area contributed by atoms with Crippen LogP contribution in [-0.4, -0.2) is 62.0 Å². The van der Waals surface area contributed by atoms with Crippen molar-refractivity contribution in [3.05, 3.63) is 29.6 Å². The van der Waals surface area contributed by atoms with Gasteiger partial charge in [-0.3, -0.25) is 14.8 Å². The van der Waals surface area contributed by atoms with Gasteiger partial charge in [0.15, 0.2) is 5.82 Å². The summed E-state index contributed by atoms with van der Waals surface area (Å²) in [5.74, 6) is 1.38. The minimum Gasteiger partial charge on any atom is -0.465 e. The normalized spacial score (nSPS) is 22.9. The van der Waals surface area contributed by atoms with Crippen molar-refractivity contribution in [3.63, 3.8) is 0 Å². The highest BCUT2D eigenvalue weighted by Crippen LogP contribution is 2.41. The lowest BCUT2D eigenvalue weighted by Gasteiger charge is -2.45. The van der Waals surface area contributed by atoms with Gasteiger partial charge in [-0.05, 0) is 46.0 Å². The minimum atomic E-state index is -0.866. The molecule has 1 saturated heterocycles. The predicted molar refractivity (Wildman–Crippen MR) is 111 cm³/mol. The molecule has 2 unspecified atom stereocenters. The van der Waals surface area contributed by atoms with Gasteiger partial charge in [0, 0.05) is 42.5 Å². The highest BCUT2D eigenvalue weighted by atomic mass is 16.5. The number of hydrogen-bond acceptors (Lipinski definition) is 6. The fraction of sp³-hybridized carbons (Fsp3) is 0.619. The third kappa shape index (κ3) is 4.73. The van der Waals surface area contributed by atoms with Crippen LogP contribution in [0.4, 0.5) is 10.6 Å². The zero-order valence-electron chi connectivity index (χ0n) is 17.9. The van der Waals surface area contributed by atoms with Crippen LogP contribution in [0.25, 0.3) is 0 Å². The third-order valence-electron chi connectivity index (χ3n) is 6.41. The molecule has 0 bridgehead atoms. The monoisotopic (exact) mass is 431 g/mol. The number of anilines is 1. The predicted octanol–water partition coefficient (Wildman–Crippen LogP) is 3.07. The second-order valence-corrected chi connectivity index (χ2v) is 8.72. The molecule has 1 aliphatic carbocycles. The molecule has 1 saturated carbocycles. The number of ether oxygens (including phenoxy) is 1. The Labute approximate surface area is 180 Å². The van der Waals surface area contributed by atoms with Crippen LogP contribution < -0.4 is 5.32 Å². The minimum absolute atomic E-state index is 0.0391. The van der Waals surface area contributed by atoms with Crippen molar-refractivity contribution in [2.75, 3.05) is 18.5 Å². The smallest absolute Gasteiger partial charge is 0.408 e. The zero-order chi connectivity index (χ0) is 22.0. The number of oxazole rings is 1. The van der Waals surface area contributed by atoms with E-state index in [0.29, 0.717) is 43.5 Å². The molecule has 3 heterocycles. The van der Waals surface area contributed by atoms with Crippen LogP contribution in [0, 0.1) is 6.92 Å². The standard InChI is InChI=1S/C21H29N5O5/c1-13-12-22-19(31-13)11-18(27)23-17-10-16(24-25-17)14-3-4-15(9-14)26(20(28)29)21(2)5-7-30-8-6-21/h10,12,14-15H,3-9,11H2,1-2H3,(H,28,29)(H2,23,24,25,27). The van der Waals surface area contributed by atoms with Crippen LogP contribution in [-0.2, 0) is 16.0 Å². The molecule has 4 rings (SSSR count). The van der Waals surface area contributed by atoms with E-state index >= 15 is 0 Å². The molecule has 168 valence electrons. The molecular formula is C21H29N5O5. The summed E-state index contributed by atoms with van der Waals surface area (Å²) in [6.45, 7) is 4.98. The second kappa shape index (κ2) is 8.70. The van der Waals surface area contributed by atoms with Gasteiger partial charge in [0.25, 0.3) is 0 Å². The van der Waals surface area contributed by atoms with Gasteiger partial charge in [0.05, 0.1) is 6.20 Å². The summed E-state index contributed by atoms with van der Waals surface area (Å²) >= 11 is 0. The topological polar surface area (TPSA) is 134 Å². The first-order chi connectivity index (χ1) is 14.8. The molecule has 2 aromatic rings. The van der Waals surface area contributed by atoms with E-state index in [2.05, 4.69) is 20.5 Å². The molecule has 2 amide bonds. The molecule has 10 heteroatoms. The first-order valence-electron chi connectivity index (χ1n) is 10.7. The summed E-state index contributed by atoms with van der Waals surface area (Å²) in [7, 11) is 0. The van der Waals surface area contributed by atoms with E-state index < -0.39 is 11.6 Å². The fourth-order valence-electron chi connectivity index (χ4n) is 4.77. The third-order valence-corrected chi connectivity index (χ3v) is 6.41. The van der Waals surface area contributed by atoms with Crippen molar-refractivity contribution >= 4 is 17.8 Å². The maximum Gasteiger partial charge on any atom is 0.408 e. The van der Waals surface area contributed by atoms with Crippen LogP contribution in [0.3, 0.4) is 0 Å². The molecule has 2 aliphatic rings. The van der Waals surface area contributed by atoms with E-state index in [9.17, 15) is 14.7 Å². The van der Waals surface area contributed by atoms with Gasteiger partial charge in [-0.2, -0.15) is 5.10 Å². The number of carbonyl (C=O) groups excluding carboxylic acids is 1. The highest BCUT2D eigenvalue weighted by molar-refractivity contribution is 5.90. The first kappa shape index (κ1) is 21.4. The number of carboxylic acid groups (broad SMARTS) is 1. The van der Waals surface area contributed by atoms with E-state index in [1.54, 1.807) is 18.0 Å². The van der Waals surface area contributed by atoms with Gasteiger partial charge < -0.3 is 19.6 Å². The van der Waals surface area contributed by atoms with Crippen LogP contribution in [0.1, 0.15) is 62.3 Å². The van der Waals surface area contributed by atoms with Crippen molar-refractivity contribution in [1.29, 1.82) is 0 Å². The molecule has 10 nitrogen and oxygen atoms in total. The lowest BCUT2D eigenvalue weighted by molar-refractivity contribution is -0.115. The van der Waals surface area contributed by atoms with E-state index in [0.717, 1.165) is 25.0 Å². The van der Waals surface area contributed by atoms with E-state index in [1.165, 1.54) is 0 Å². The number of nitrogens with zero attached hydrogens (tertiary/aromatic N) is 3. The number of rotatable bonds is 6. The average Bonchev–Trinajstić information content (AvgIpc) is 3.44. The first-order valence-corrected chi connectivity index (χ1v) is 10.7. The Morgan fingerprint density at radius 2 is 2.13 bits per heavy atom. The lowest BCUT2D eigenvalue weighted by atomic mass is 9.88. The van der Waals surface area contributed by atoms with Crippen molar-refractivity contribution in [2.45, 2.75) is 69.9 Å². The SMILES string of the molecule is Cc1cnc(CC(=O)Nc2cc(C3CCC(N(C(=O)O)C4(C)CCOCC4)C3)[nH]n2)o1. The molecule has 1 aliphatic heterocycles. The Morgan fingerprint density at radius 3 is 2.81 bits per heavy atom. The Kier molecular flexibility index (Phi) is 5.99. The number of H-pyrrole nitrogens is 1. The van der Waals surface area contributed by atoms with Crippen molar-refractivity contribution < 1.29 is 23.8 Å². The molecule has 0 spiro atoms. The number of aromatic amines is 1. The number of nitrogens with one attached hydrogen (secondary N) is 2. The van der Waals surface area contributed by atoms with Crippen molar-refractivity contribution in [2.24, 2.45) is 0 Å². The summed E-state index contributed by atoms with van der Waals surface area (Å²) in [4.78, 5) is 30.0. The van der Waals surface area contributed by atoms with Gasteiger partial charge >= 0.3 is 6.09 Å². The Balaban J connectivity index is 1.37. The maximum absolute atomic E-state index is 12.2. The quantitative estimate of drug-likeness (QED) is 0.640. The lowest BCUT2D eigenvalue weighted by Crippen LogP contribution is -2.56. The summed E-state index contributed by atoms with van der Waals surface area (Å²) < 4.78 is 10.8. The van der Waals surface area contributed by atoms with Gasteiger partial charge in [0.1, 0.15) is 12.2 Å². The van der Waals surface area contributed by atoms with E-state index in [-0.39, 0.29) is 24.3 Å². The Hall–Kier alpha value is -2.88. The van der Waals surface area contributed by atoms with Crippen molar-refractivity contribution in [3.8, 4) is 0 Å². The van der Waals surface area contributed by atoms with Crippen LogP contribution in [0.2, 0.25) is 0 Å². The summed E-state index contributed by atoms with van der Waals surface area (Å²) in [5.41, 5.74) is 0.516.